The third-order valence-electron chi connectivity index (χ3n) is 3.87. The molecule has 0 bridgehead atoms. The van der Waals surface area contributed by atoms with Crippen molar-refractivity contribution in [1.29, 1.82) is 0 Å². The van der Waals surface area contributed by atoms with E-state index in [1.165, 1.54) is 5.56 Å². The highest BCUT2D eigenvalue weighted by atomic mass is 16.7. The van der Waals surface area contributed by atoms with Crippen LogP contribution in [0.3, 0.4) is 0 Å². The minimum absolute atomic E-state index is 0.289. The van der Waals surface area contributed by atoms with E-state index in [-0.39, 0.29) is 6.04 Å². The van der Waals surface area contributed by atoms with Crippen molar-refractivity contribution in [2.24, 2.45) is 4.99 Å². The maximum atomic E-state index is 11.9. The van der Waals surface area contributed by atoms with Gasteiger partial charge in [-0.2, -0.15) is 4.99 Å². The molecule has 2 aromatic rings. The van der Waals surface area contributed by atoms with Crippen LogP contribution in [-0.4, -0.2) is 24.5 Å². The lowest BCUT2D eigenvalue weighted by molar-refractivity contribution is -0.968. The van der Waals surface area contributed by atoms with E-state index in [9.17, 15) is 4.79 Å². The van der Waals surface area contributed by atoms with E-state index in [1.807, 2.05) is 48.5 Å². The number of aliphatic imine (C=N–C) groups is 1. The highest BCUT2D eigenvalue weighted by Gasteiger charge is 2.29. The molecule has 0 spiro atoms. The lowest BCUT2D eigenvalue weighted by Crippen LogP contribution is -3.19. The summed E-state index contributed by atoms with van der Waals surface area (Å²) in [6, 6.07) is 19.4. The van der Waals surface area contributed by atoms with E-state index >= 15 is 0 Å². The summed E-state index contributed by atoms with van der Waals surface area (Å²) < 4.78 is 0. The number of carbonyl (C=O) groups is 1. The number of benzene rings is 2. The standard InChI is InChI=1S/C18H20N4O2/c1-14(12-15-8-4-2-5-9-15)22-13-17(24-21-22)20-18(23)19-16-10-6-3-7-11-16/h2-11,14,21H,12-13H2,1H3,(H,19,23)/p+1/t14-/m1/s1. The second-order valence-corrected chi connectivity index (χ2v) is 5.80. The first-order valence-corrected chi connectivity index (χ1v) is 7.97. The second kappa shape index (κ2) is 7.72. The number of nitrogens with one attached hydrogen (secondary N) is 3. The third-order valence-corrected chi connectivity index (χ3v) is 3.87. The topological polar surface area (TPSA) is 67.2 Å². The van der Waals surface area contributed by atoms with E-state index in [0.717, 1.165) is 11.4 Å². The molecule has 1 heterocycles. The van der Waals surface area contributed by atoms with Crippen LogP contribution >= 0.6 is 0 Å². The van der Waals surface area contributed by atoms with Gasteiger partial charge in [0.15, 0.2) is 6.54 Å². The Balaban J connectivity index is 1.53. The fourth-order valence-corrected chi connectivity index (χ4v) is 2.57. The quantitative estimate of drug-likeness (QED) is 0.800. The van der Waals surface area contributed by atoms with Crippen LogP contribution in [0.25, 0.3) is 0 Å². The average molecular weight is 325 g/mol. The molecule has 1 aliphatic rings. The monoisotopic (exact) mass is 325 g/mol. The first-order chi connectivity index (χ1) is 11.7. The van der Waals surface area contributed by atoms with Gasteiger partial charge in [-0.15, -0.1) is 0 Å². The number of hydrogen-bond donors (Lipinski definition) is 3. The number of carbonyl (C=O) groups excluding carboxylic acids is 1. The SMILES string of the molecule is C[C@H](Cc1ccccc1)[NH+]1CC(=NC(=O)Nc2ccccc2)ON1. The predicted molar refractivity (Wildman–Crippen MR) is 92.6 cm³/mol. The van der Waals surface area contributed by atoms with Crippen molar-refractivity contribution in [2.75, 3.05) is 11.9 Å². The molecule has 1 fully saturated rings. The summed E-state index contributed by atoms with van der Waals surface area (Å²) in [6.07, 6.45) is 0.913. The van der Waals surface area contributed by atoms with Crippen LogP contribution in [0.4, 0.5) is 10.5 Å². The molecule has 2 aromatic carbocycles. The molecule has 1 saturated heterocycles. The van der Waals surface area contributed by atoms with Crippen molar-refractivity contribution in [3.63, 3.8) is 0 Å². The van der Waals surface area contributed by atoms with Crippen molar-refractivity contribution in [3.8, 4) is 0 Å². The van der Waals surface area contributed by atoms with Crippen LogP contribution in [0.15, 0.2) is 65.7 Å². The zero-order chi connectivity index (χ0) is 16.8. The molecule has 1 aliphatic heterocycles. The predicted octanol–water partition coefficient (Wildman–Crippen LogP) is 1.58. The van der Waals surface area contributed by atoms with Crippen molar-refractivity contribution in [2.45, 2.75) is 19.4 Å². The van der Waals surface area contributed by atoms with Gasteiger partial charge in [0.1, 0.15) is 6.04 Å². The molecule has 24 heavy (non-hydrogen) atoms. The molecule has 3 rings (SSSR count). The van der Waals surface area contributed by atoms with Crippen LogP contribution in [0, 0.1) is 0 Å². The Labute approximate surface area is 141 Å². The van der Waals surface area contributed by atoms with Gasteiger partial charge < -0.3 is 10.2 Å². The number of quaternary nitrogens is 1. The van der Waals surface area contributed by atoms with E-state index < -0.39 is 6.03 Å². The molecule has 0 saturated carbocycles. The zero-order valence-corrected chi connectivity index (χ0v) is 13.5. The lowest BCUT2D eigenvalue weighted by Gasteiger charge is -2.16. The first-order valence-electron chi connectivity index (χ1n) is 7.97. The average Bonchev–Trinajstić information content (AvgIpc) is 3.05. The van der Waals surface area contributed by atoms with Gasteiger partial charge in [0.2, 0.25) is 0 Å². The second-order valence-electron chi connectivity index (χ2n) is 5.80. The van der Waals surface area contributed by atoms with Crippen LogP contribution in [-0.2, 0) is 11.3 Å². The molecule has 124 valence electrons. The summed E-state index contributed by atoms with van der Waals surface area (Å²) in [7, 11) is 0. The molecule has 1 unspecified atom stereocenters. The van der Waals surface area contributed by atoms with Crippen molar-refractivity contribution in [3.05, 3.63) is 66.2 Å². The third kappa shape index (κ3) is 4.41. The van der Waals surface area contributed by atoms with Crippen LogP contribution in [0.2, 0.25) is 0 Å². The molecular weight excluding hydrogens is 304 g/mol. The van der Waals surface area contributed by atoms with E-state index in [0.29, 0.717) is 18.1 Å². The summed E-state index contributed by atoms with van der Waals surface area (Å²) in [6.45, 7) is 2.65. The maximum Gasteiger partial charge on any atom is 0.348 e. The van der Waals surface area contributed by atoms with E-state index in [4.69, 9.17) is 4.84 Å². The number of amides is 2. The summed E-state index contributed by atoms with van der Waals surface area (Å²) >= 11 is 0. The van der Waals surface area contributed by atoms with E-state index in [2.05, 4.69) is 35.0 Å². The Hall–Kier alpha value is -2.70. The summed E-state index contributed by atoms with van der Waals surface area (Å²) in [5.41, 5.74) is 4.88. The summed E-state index contributed by atoms with van der Waals surface area (Å²) in [4.78, 5) is 21.2. The molecule has 0 radical (unpaired) electrons. The molecule has 2 atom stereocenters. The number of hydrogen-bond acceptors (Lipinski definition) is 3. The maximum absolute atomic E-state index is 11.9. The minimum atomic E-state index is -0.435. The molecular formula is C18H21N4O2+. The zero-order valence-electron chi connectivity index (χ0n) is 13.5. The largest absolute Gasteiger partial charge is 0.348 e. The van der Waals surface area contributed by atoms with Gasteiger partial charge in [-0.1, -0.05) is 48.5 Å². The van der Waals surface area contributed by atoms with Crippen molar-refractivity contribution >= 4 is 17.6 Å². The highest BCUT2D eigenvalue weighted by Crippen LogP contribution is 2.05. The number of rotatable bonds is 4. The van der Waals surface area contributed by atoms with Gasteiger partial charge in [-0.05, 0) is 24.6 Å². The lowest BCUT2D eigenvalue weighted by atomic mass is 10.1. The van der Waals surface area contributed by atoms with Gasteiger partial charge in [0, 0.05) is 17.7 Å². The Morgan fingerprint density at radius 2 is 1.88 bits per heavy atom. The molecule has 2 amide bonds. The Kier molecular flexibility index (Phi) is 5.20. The normalized spacial score (nSPS) is 19.7. The fourth-order valence-electron chi connectivity index (χ4n) is 2.57. The number of para-hydroxylation sites is 1. The van der Waals surface area contributed by atoms with Gasteiger partial charge in [0.25, 0.3) is 5.90 Å². The number of urea groups is 1. The molecule has 3 N–H and O–H groups in total. The molecule has 0 aromatic heterocycles. The van der Waals surface area contributed by atoms with Gasteiger partial charge in [-0.25, -0.2) is 9.80 Å². The van der Waals surface area contributed by atoms with Crippen molar-refractivity contribution < 1.29 is 14.6 Å². The van der Waals surface area contributed by atoms with Gasteiger partial charge >= 0.3 is 6.03 Å². The van der Waals surface area contributed by atoms with Crippen LogP contribution < -0.4 is 15.9 Å². The number of nitrogens with zero attached hydrogens (tertiary/aromatic N) is 1. The summed E-state index contributed by atoms with van der Waals surface area (Å²) in [5, 5.41) is 3.74. The molecule has 0 aliphatic carbocycles. The molecule has 6 nitrogen and oxygen atoms in total. The minimum Gasteiger partial charge on any atom is -0.341 e. The Bertz CT molecular complexity index is 703. The fraction of sp³-hybridized carbons (Fsp3) is 0.222. The Morgan fingerprint density at radius 3 is 2.58 bits per heavy atom. The molecule has 6 heteroatoms. The Morgan fingerprint density at radius 1 is 1.21 bits per heavy atom. The smallest absolute Gasteiger partial charge is 0.341 e. The van der Waals surface area contributed by atoms with E-state index in [1.54, 1.807) is 0 Å². The van der Waals surface area contributed by atoms with Crippen LogP contribution in [0.5, 0.6) is 0 Å². The van der Waals surface area contributed by atoms with Crippen LogP contribution in [0.1, 0.15) is 12.5 Å². The number of anilines is 1. The van der Waals surface area contributed by atoms with Gasteiger partial charge in [0.05, 0.1) is 0 Å². The van der Waals surface area contributed by atoms with Gasteiger partial charge in [-0.3, -0.25) is 0 Å². The highest BCUT2D eigenvalue weighted by molar-refractivity contribution is 5.98. The first kappa shape index (κ1) is 16.2. The summed E-state index contributed by atoms with van der Waals surface area (Å²) in [5.74, 6) is 0.387. The van der Waals surface area contributed by atoms with Crippen molar-refractivity contribution in [1.82, 2.24) is 5.59 Å².